The maximum Gasteiger partial charge on any atom is 0.175 e. The van der Waals surface area contributed by atoms with Gasteiger partial charge in [0.1, 0.15) is 5.82 Å². The van der Waals surface area contributed by atoms with Crippen LogP contribution in [-0.4, -0.2) is 25.9 Å². The fourth-order valence-corrected chi connectivity index (χ4v) is 3.86. The molecule has 0 spiro atoms. The summed E-state index contributed by atoms with van der Waals surface area (Å²) in [6.07, 6.45) is 2.39. The molecule has 0 saturated carbocycles. The lowest BCUT2D eigenvalue weighted by molar-refractivity contribution is 0.253. The fraction of sp³-hybridized carbons (Fsp3) is 0.200. The van der Waals surface area contributed by atoms with Crippen LogP contribution in [0.25, 0.3) is 17.2 Å². The Morgan fingerprint density at radius 3 is 2.28 bits per heavy atom. The minimum absolute atomic E-state index is 0.264. The lowest BCUT2D eigenvalue weighted by Gasteiger charge is -2.09. The Hall–Kier alpha value is -2.24. The van der Waals surface area contributed by atoms with Crippen LogP contribution >= 0.6 is 0 Å². The molecule has 0 aromatic heterocycles. The molecule has 1 N–H and O–H groups in total. The first-order valence-electron chi connectivity index (χ1n) is 7.90. The second-order valence-electron chi connectivity index (χ2n) is 6.30. The minimum Gasteiger partial charge on any atom is -0.389 e. The van der Waals surface area contributed by atoms with Crippen molar-refractivity contribution < 1.29 is 17.9 Å². The van der Waals surface area contributed by atoms with Gasteiger partial charge in [-0.1, -0.05) is 18.2 Å². The normalized spacial score (nSPS) is 17.1. The van der Waals surface area contributed by atoms with E-state index in [1.54, 1.807) is 37.3 Å². The highest BCUT2D eigenvalue weighted by Crippen LogP contribution is 2.43. The topological polar surface area (TPSA) is 54.4 Å². The molecule has 1 aliphatic rings. The summed E-state index contributed by atoms with van der Waals surface area (Å²) in [6.45, 7) is 3.56. The van der Waals surface area contributed by atoms with E-state index in [-0.39, 0.29) is 10.7 Å². The maximum absolute atomic E-state index is 13.7. The van der Waals surface area contributed by atoms with Crippen LogP contribution in [0.15, 0.2) is 52.9 Å². The van der Waals surface area contributed by atoms with Crippen LogP contribution < -0.4 is 0 Å². The predicted molar refractivity (Wildman–Crippen MR) is 98.1 cm³/mol. The number of hydrogen-bond donors (Lipinski definition) is 1. The number of rotatable bonds is 3. The van der Waals surface area contributed by atoms with Crippen LogP contribution in [0.5, 0.6) is 0 Å². The summed E-state index contributed by atoms with van der Waals surface area (Å²) < 4.78 is 36.8. The molecule has 0 radical (unpaired) electrons. The van der Waals surface area contributed by atoms with E-state index >= 15 is 0 Å². The smallest absolute Gasteiger partial charge is 0.175 e. The van der Waals surface area contributed by atoms with Gasteiger partial charge in [-0.3, -0.25) is 0 Å². The molecule has 0 saturated heterocycles. The quantitative estimate of drug-likeness (QED) is 0.904. The minimum atomic E-state index is -3.24. The van der Waals surface area contributed by atoms with E-state index in [0.29, 0.717) is 11.1 Å². The molecule has 1 aliphatic carbocycles. The molecule has 3 nitrogen and oxygen atoms in total. The number of aliphatic hydroxyl groups is 1. The molecule has 1 unspecified atom stereocenters. The van der Waals surface area contributed by atoms with Gasteiger partial charge in [-0.05, 0) is 77.6 Å². The number of aliphatic hydroxyl groups excluding tert-OH is 1. The zero-order valence-corrected chi connectivity index (χ0v) is 15.1. The Morgan fingerprint density at radius 1 is 1.08 bits per heavy atom. The number of fused-ring (bicyclic) bond motifs is 1. The van der Waals surface area contributed by atoms with Crippen molar-refractivity contribution in [3.8, 4) is 0 Å². The molecule has 0 amide bonds. The maximum atomic E-state index is 13.7. The molecule has 130 valence electrons. The van der Waals surface area contributed by atoms with Gasteiger partial charge in [-0.2, -0.15) is 0 Å². The number of allylic oxidation sites excluding steroid dienone is 2. The summed E-state index contributed by atoms with van der Waals surface area (Å²) in [5.74, 6) is -0.344. The first kappa shape index (κ1) is 17.6. The van der Waals surface area contributed by atoms with Crippen LogP contribution in [0.4, 0.5) is 4.39 Å². The van der Waals surface area contributed by atoms with E-state index in [9.17, 15) is 17.9 Å². The van der Waals surface area contributed by atoms with Crippen molar-refractivity contribution in [2.75, 3.05) is 6.26 Å². The Bertz CT molecular complexity index is 998. The third-order valence-corrected chi connectivity index (χ3v) is 5.54. The van der Waals surface area contributed by atoms with Crippen LogP contribution in [0, 0.1) is 5.82 Å². The number of halogens is 1. The largest absolute Gasteiger partial charge is 0.389 e. The van der Waals surface area contributed by atoms with Gasteiger partial charge in [0, 0.05) is 6.26 Å². The van der Waals surface area contributed by atoms with E-state index in [1.807, 2.05) is 13.0 Å². The molecule has 0 heterocycles. The van der Waals surface area contributed by atoms with Crippen molar-refractivity contribution >= 4 is 27.1 Å². The van der Waals surface area contributed by atoms with Gasteiger partial charge >= 0.3 is 0 Å². The van der Waals surface area contributed by atoms with Crippen molar-refractivity contribution in [2.45, 2.75) is 24.8 Å². The van der Waals surface area contributed by atoms with Crippen LogP contribution in [0.1, 0.15) is 30.5 Å². The summed E-state index contributed by atoms with van der Waals surface area (Å²) in [5.41, 5.74) is 4.91. The molecule has 25 heavy (non-hydrogen) atoms. The highest BCUT2D eigenvalue weighted by Gasteiger charge is 2.26. The van der Waals surface area contributed by atoms with Gasteiger partial charge in [0.05, 0.1) is 11.0 Å². The second kappa shape index (κ2) is 6.24. The van der Waals surface area contributed by atoms with Crippen LogP contribution in [0.3, 0.4) is 0 Å². The molecule has 5 heteroatoms. The van der Waals surface area contributed by atoms with E-state index in [2.05, 4.69) is 0 Å². The van der Waals surface area contributed by atoms with Gasteiger partial charge in [-0.15, -0.1) is 0 Å². The average Bonchev–Trinajstić information content (AvgIpc) is 2.78. The summed E-state index contributed by atoms with van der Waals surface area (Å²) in [7, 11) is -3.24. The third-order valence-electron chi connectivity index (χ3n) is 4.41. The zero-order chi connectivity index (χ0) is 18.4. The van der Waals surface area contributed by atoms with Crippen molar-refractivity contribution in [3.05, 3.63) is 70.5 Å². The van der Waals surface area contributed by atoms with Crippen LogP contribution in [0.2, 0.25) is 0 Å². The number of benzene rings is 2. The molecule has 2 aromatic rings. The van der Waals surface area contributed by atoms with Gasteiger partial charge in [0.15, 0.2) is 9.84 Å². The summed E-state index contributed by atoms with van der Waals surface area (Å²) >= 11 is 0. The molecule has 0 fully saturated rings. The van der Waals surface area contributed by atoms with Crippen LogP contribution in [-0.2, 0) is 9.84 Å². The zero-order valence-electron chi connectivity index (χ0n) is 14.2. The van der Waals surface area contributed by atoms with E-state index in [0.717, 1.165) is 22.3 Å². The lowest BCUT2D eigenvalue weighted by Crippen LogP contribution is -2.03. The van der Waals surface area contributed by atoms with Gasteiger partial charge in [0.25, 0.3) is 0 Å². The molecular formula is C20H19FO3S. The summed E-state index contributed by atoms with van der Waals surface area (Å²) in [5, 5.41) is 10.1. The first-order chi connectivity index (χ1) is 11.7. The highest BCUT2D eigenvalue weighted by atomic mass is 32.2. The molecule has 1 atom stereocenters. The molecule has 2 aromatic carbocycles. The van der Waals surface area contributed by atoms with Crippen molar-refractivity contribution in [1.29, 1.82) is 0 Å². The fourth-order valence-electron chi connectivity index (χ4n) is 3.23. The third kappa shape index (κ3) is 3.30. The Kier molecular flexibility index (Phi) is 4.39. The first-order valence-corrected chi connectivity index (χ1v) is 9.79. The molecule has 0 bridgehead atoms. The van der Waals surface area contributed by atoms with Crippen molar-refractivity contribution in [1.82, 2.24) is 0 Å². The predicted octanol–water partition coefficient (Wildman–Crippen LogP) is 3.94. The summed E-state index contributed by atoms with van der Waals surface area (Å²) in [4.78, 5) is 0.264. The van der Waals surface area contributed by atoms with Gasteiger partial charge in [0.2, 0.25) is 0 Å². The van der Waals surface area contributed by atoms with Crippen molar-refractivity contribution in [2.24, 2.45) is 0 Å². The highest BCUT2D eigenvalue weighted by molar-refractivity contribution is 7.90. The molecular weight excluding hydrogens is 339 g/mol. The number of sulfone groups is 1. The van der Waals surface area contributed by atoms with E-state index in [4.69, 9.17) is 0 Å². The van der Waals surface area contributed by atoms with Gasteiger partial charge < -0.3 is 5.11 Å². The average molecular weight is 358 g/mol. The Labute approximate surface area is 147 Å². The van der Waals surface area contributed by atoms with Crippen molar-refractivity contribution in [3.63, 3.8) is 0 Å². The molecule has 3 rings (SSSR count). The Morgan fingerprint density at radius 2 is 1.72 bits per heavy atom. The lowest BCUT2D eigenvalue weighted by atomic mass is 10.0. The van der Waals surface area contributed by atoms with Gasteiger partial charge in [-0.25, -0.2) is 12.8 Å². The monoisotopic (exact) mass is 358 g/mol. The standard InChI is InChI=1S/C20H19FO3S/c1-12-18(10-14-4-7-16(8-5-14)25(3,23)24)17-9-6-15(21)11-19(17)20(12)13(2)22/h4-11,13,22H,1-3H3/b18-10-. The second-order valence-corrected chi connectivity index (χ2v) is 8.32. The van der Waals surface area contributed by atoms with E-state index in [1.165, 1.54) is 18.4 Å². The van der Waals surface area contributed by atoms with E-state index < -0.39 is 15.9 Å². The Balaban J connectivity index is 2.12. The summed E-state index contributed by atoms with van der Waals surface area (Å²) in [6, 6.07) is 11.2. The SMILES string of the molecule is CC1=C(C(C)O)c2cc(F)ccc2/C1=C\c1ccc(S(C)(=O)=O)cc1. The molecule has 0 aliphatic heterocycles. The number of hydrogen-bond acceptors (Lipinski definition) is 3.